The second-order valence-corrected chi connectivity index (χ2v) is 6.67. The third-order valence-corrected chi connectivity index (χ3v) is 4.84. The van der Waals surface area contributed by atoms with E-state index in [-0.39, 0.29) is 24.0 Å². The molecule has 5 nitrogen and oxygen atoms in total. The smallest absolute Gasteiger partial charge is 0.193 e. The predicted molar refractivity (Wildman–Crippen MR) is 109 cm³/mol. The molecular weight excluding hydrogens is 415 g/mol. The fourth-order valence-electron chi connectivity index (χ4n) is 3.66. The minimum atomic E-state index is 0. The first-order valence-corrected chi connectivity index (χ1v) is 9.13. The minimum Gasteiger partial charge on any atom is -0.469 e. The summed E-state index contributed by atoms with van der Waals surface area (Å²) in [4.78, 5) is 9.87. The SMILES string of the molecule is CCNC(=NCCc1ccco1)N1CCC(CN2CCCC2)C1.I. The van der Waals surface area contributed by atoms with Crippen LogP contribution in [0.4, 0.5) is 0 Å². The van der Waals surface area contributed by atoms with Crippen molar-refractivity contribution in [1.29, 1.82) is 0 Å². The Morgan fingerprint density at radius 1 is 1.33 bits per heavy atom. The van der Waals surface area contributed by atoms with Crippen molar-refractivity contribution in [3.8, 4) is 0 Å². The molecule has 3 heterocycles. The number of nitrogens with zero attached hydrogens (tertiary/aromatic N) is 3. The van der Waals surface area contributed by atoms with Crippen molar-refractivity contribution in [1.82, 2.24) is 15.1 Å². The molecule has 0 radical (unpaired) electrons. The number of aliphatic imine (C=N–C) groups is 1. The molecule has 2 saturated heterocycles. The Hall–Kier alpha value is -0.760. The highest BCUT2D eigenvalue weighted by molar-refractivity contribution is 14.0. The van der Waals surface area contributed by atoms with Crippen LogP contribution in [-0.2, 0) is 6.42 Å². The lowest BCUT2D eigenvalue weighted by molar-refractivity contribution is 0.281. The van der Waals surface area contributed by atoms with Crippen LogP contribution in [0.3, 0.4) is 0 Å². The highest BCUT2D eigenvalue weighted by Gasteiger charge is 2.27. The van der Waals surface area contributed by atoms with Gasteiger partial charge in [-0.1, -0.05) is 0 Å². The summed E-state index contributed by atoms with van der Waals surface area (Å²) in [7, 11) is 0. The number of furan rings is 1. The Labute approximate surface area is 162 Å². The van der Waals surface area contributed by atoms with Crippen molar-refractivity contribution in [3.63, 3.8) is 0 Å². The Morgan fingerprint density at radius 2 is 2.17 bits per heavy atom. The molecule has 1 unspecified atom stereocenters. The van der Waals surface area contributed by atoms with Crippen LogP contribution in [0.25, 0.3) is 0 Å². The monoisotopic (exact) mass is 446 g/mol. The molecule has 136 valence electrons. The van der Waals surface area contributed by atoms with Crippen LogP contribution in [0, 0.1) is 5.92 Å². The van der Waals surface area contributed by atoms with Crippen LogP contribution in [-0.4, -0.2) is 61.6 Å². The van der Waals surface area contributed by atoms with Crippen LogP contribution in [0.5, 0.6) is 0 Å². The Kier molecular flexibility index (Phi) is 8.38. The molecule has 0 aromatic carbocycles. The molecule has 6 heteroatoms. The van der Waals surface area contributed by atoms with E-state index in [0.29, 0.717) is 0 Å². The second-order valence-electron chi connectivity index (χ2n) is 6.67. The quantitative estimate of drug-likeness (QED) is 0.415. The van der Waals surface area contributed by atoms with Gasteiger partial charge in [-0.25, -0.2) is 0 Å². The largest absolute Gasteiger partial charge is 0.469 e. The molecule has 2 aliphatic heterocycles. The molecule has 0 saturated carbocycles. The maximum atomic E-state index is 5.38. The van der Waals surface area contributed by atoms with Crippen LogP contribution >= 0.6 is 24.0 Å². The van der Waals surface area contributed by atoms with E-state index < -0.39 is 0 Å². The summed E-state index contributed by atoms with van der Waals surface area (Å²) in [5.74, 6) is 2.88. The molecule has 0 amide bonds. The van der Waals surface area contributed by atoms with Gasteiger partial charge >= 0.3 is 0 Å². The number of nitrogens with one attached hydrogen (secondary N) is 1. The Bertz CT molecular complexity index is 485. The lowest BCUT2D eigenvalue weighted by atomic mass is 10.1. The van der Waals surface area contributed by atoms with Gasteiger partial charge in [0.1, 0.15) is 5.76 Å². The Morgan fingerprint density at radius 3 is 2.88 bits per heavy atom. The number of hydrogen-bond acceptors (Lipinski definition) is 3. The molecule has 2 aliphatic rings. The predicted octanol–water partition coefficient (Wildman–Crippen LogP) is 2.82. The topological polar surface area (TPSA) is 44.0 Å². The number of likely N-dealkylation sites (tertiary alicyclic amines) is 2. The highest BCUT2D eigenvalue weighted by Crippen LogP contribution is 2.20. The van der Waals surface area contributed by atoms with Crippen molar-refractivity contribution in [3.05, 3.63) is 24.2 Å². The van der Waals surface area contributed by atoms with Gasteiger partial charge in [0.2, 0.25) is 0 Å². The van der Waals surface area contributed by atoms with Gasteiger partial charge in [-0.3, -0.25) is 4.99 Å². The average molecular weight is 446 g/mol. The highest BCUT2D eigenvalue weighted by atomic mass is 127. The zero-order valence-electron chi connectivity index (χ0n) is 14.7. The van der Waals surface area contributed by atoms with E-state index in [2.05, 4.69) is 22.0 Å². The number of hydrogen-bond donors (Lipinski definition) is 1. The average Bonchev–Trinajstić information content (AvgIpc) is 3.29. The van der Waals surface area contributed by atoms with Gasteiger partial charge in [-0.2, -0.15) is 0 Å². The first kappa shape index (κ1) is 19.6. The number of halogens is 1. The number of guanidine groups is 1. The van der Waals surface area contributed by atoms with Gasteiger partial charge in [0, 0.05) is 39.1 Å². The van der Waals surface area contributed by atoms with Crippen LogP contribution in [0.1, 0.15) is 31.9 Å². The summed E-state index contributed by atoms with van der Waals surface area (Å²) in [5.41, 5.74) is 0. The van der Waals surface area contributed by atoms with Crippen LogP contribution < -0.4 is 5.32 Å². The van der Waals surface area contributed by atoms with Gasteiger partial charge in [0.25, 0.3) is 0 Å². The lowest BCUT2D eigenvalue weighted by Gasteiger charge is -2.23. The molecule has 0 bridgehead atoms. The molecule has 0 aliphatic carbocycles. The summed E-state index contributed by atoms with van der Waals surface area (Å²) in [6.45, 7) is 9.98. The second kappa shape index (κ2) is 10.3. The van der Waals surface area contributed by atoms with Gasteiger partial charge < -0.3 is 19.5 Å². The van der Waals surface area contributed by atoms with E-state index in [1.54, 1.807) is 6.26 Å². The summed E-state index contributed by atoms with van der Waals surface area (Å²) in [6, 6.07) is 3.96. The molecule has 2 fully saturated rings. The normalized spacial score (nSPS) is 22.0. The fraction of sp³-hybridized carbons (Fsp3) is 0.722. The van der Waals surface area contributed by atoms with Crippen molar-refractivity contribution < 1.29 is 4.42 Å². The number of rotatable bonds is 6. The van der Waals surface area contributed by atoms with Gasteiger partial charge in [-0.15, -0.1) is 24.0 Å². The van der Waals surface area contributed by atoms with E-state index in [0.717, 1.165) is 50.2 Å². The van der Waals surface area contributed by atoms with E-state index >= 15 is 0 Å². The standard InChI is InChI=1S/C18H30N4O.HI/c1-2-19-18(20-9-7-17-6-5-13-23-17)22-12-8-16(15-22)14-21-10-3-4-11-21;/h5-6,13,16H,2-4,7-12,14-15H2,1H3,(H,19,20);1H. The van der Waals surface area contributed by atoms with Gasteiger partial charge in [0.15, 0.2) is 5.96 Å². The zero-order valence-corrected chi connectivity index (χ0v) is 17.1. The molecule has 1 aromatic heterocycles. The first-order chi connectivity index (χ1) is 11.3. The minimum absolute atomic E-state index is 0. The maximum Gasteiger partial charge on any atom is 0.193 e. The van der Waals surface area contributed by atoms with E-state index in [9.17, 15) is 0 Å². The van der Waals surface area contributed by atoms with Crippen molar-refractivity contribution in [2.24, 2.45) is 10.9 Å². The van der Waals surface area contributed by atoms with Crippen LogP contribution in [0.2, 0.25) is 0 Å². The fourth-order valence-corrected chi connectivity index (χ4v) is 3.66. The van der Waals surface area contributed by atoms with Crippen molar-refractivity contribution >= 4 is 29.9 Å². The van der Waals surface area contributed by atoms with E-state index in [4.69, 9.17) is 9.41 Å². The first-order valence-electron chi connectivity index (χ1n) is 9.13. The summed E-state index contributed by atoms with van der Waals surface area (Å²) in [5, 5.41) is 3.45. The van der Waals surface area contributed by atoms with Gasteiger partial charge in [-0.05, 0) is 57.3 Å². The van der Waals surface area contributed by atoms with E-state index in [1.807, 2.05) is 12.1 Å². The van der Waals surface area contributed by atoms with E-state index in [1.165, 1.54) is 38.9 Å². The summed E-state index contributed by atoms with van der Waals surface area (Å²) in [6.07, 6.45) is 6.65. The molecule has 0 spiro atoms. The zero-order chi connectivity index (χ0) is 15.9. The molecule has 24 heavy (non-hydrogen) atoms. The summed E-state index contributed by atoms with van der Waals surface area (Å²) < 4.78 is 5.38. The molecular formula is C18H31IN4O. The van der Waals surface area contributed by atoms with Gasteiger partial charge in [0.05, 0.1) is 6.26 Å². The van der Waals surface area contributed by atoms with Crippen molar-refractivity contribution in [2.45, 2.75) is 32.6 Å². The third kappa shape index (κ3) is 5.65. The molecule has 1 N–H and O–H groups in total. The molecule has 1 aromatic rings. The Balaban J connectivity index is 0.00000208. The summed E-state index contributed by atoms with van der Waals surface area (Å²) >= 11 is 0. The third-order valence-electron chi connectivity index (χ3n) is 4.84. The molecule has 1 atom stereocenters. The lowest BCUT2D eigenvalue weighted by Crippen LogP contribution is -2.41. The maximum absolute atomic E-state index is 5.38. The van der Waals surface area contributed by atoms with Crippen LogP contribution in [0.15, 0.2) is 27.8 Å². The molecule has 3 rings (SSSR count). The van der Waals surface area contributed by atoms with Crippen molar-refractivity contribution in [2.75, 3.05) is 45.8 Å².